The molecule has 0 aliphatic heterocycles. The van der Waals surface area contributed by atoms with Gasteiger partial charge in [-0.05, 0) is 12.8 Å². The Bertz CT molecular complexity index is 181. The maximum Gasteiger partial charge on any atom is 0.149 e. The van der Waals surface area contributed by atoms with Gasteiger partial charge >= 0.3 is 0 Å². The third-order valence-electron chi connectivity index (χ3n) is 2.56. The van der Waals surface area contributed by atoms with Crippen molar-refractivity contribution in [3.63, 3.8) is 0 Å². The van der Waals surface area contributed by atoms with Gasteiger partial charge in [0.15, 0.2) is 0 Å². The van der Waals surface area contributed by atoms with Gasteiger partial charge in [-0.3, -0.25) is 4.79 Å². The molecule has 0 rings (SSSR count). The zero-order valence-electron chi connectivity index (χ0n) is 11.7. The molecule has 0 heterocycles. The molecule has 0 saturated carbocycles. The summed E-state index contributed by atoms with van der Waals surface area (Å²) in [4.78, 5) is 20.6. The topological polar surface area (TPSA) is 60.2 Å². The average Bonchev–Trinajstić information content (AvgIpc) is 2.36. The standard InChI is InChI=1S/C8H17NO.C6H12O/c1-3-5-6-7(9)8(10)4-2;1-2-3-4-5-6-7/h7H,3-6,9H2,1-2H3;6H,2-5H2,1H3. The van der Waals surface area contributed by atoms with Crippen molar-refractivity contribution in [3.05, 3.63) is 0 Å². The summed E-state index contributed by atoms with van der Waals surface area (Å²) in [7, 11) is 0. The van der Waals surface area contributed by atoms with Crippen molar-refractivity contribution in [1.29, 1.82) is 0 Å². The van der Waals surface area contributed by atoms with Gasteiger partial charge in [0.2, 0.25) is 0 Å². The summed E-state index contributed by atoms with van der Waals surface area (Å²) >= 11 is 0. The van der Waals surface area contributed by atoms with Crippen molar-refractivity contribution in [2.75, 3.05) is 0 Å². The van der Waals surface area contributed by atoms with Gasteiger partial charge in [0, 0.05) is 12.8 Å². The van der Waals surface area contributed by atoms with Gasteiger partial charge in [0.25, 0.3) is 0 Å². The average molecular weight is 243 g/mol. The van der Waals surface area contributed by atoms with Crippen LogP contribution in [0.4, 0.5) is 0 Å². The van der Waals surface area contributed by atoms with E-state index in [4.69, 9.17) is 5.73 Å². The quantitative estimate of drug-likeness (QED) is 0.499. The van der Waals surface area contributed by atoms with E-state index in [1.165, 1.54) is 12.8 Å². The van der Waals surface area contributed by atoms with E-state index in [0.717, 1.165) is 38.4 Å². The molecule has 0 aliphatic carbocycles. The molecular formula is C14H29NO2. The number of carbonyl (C=O) groups is 2. The molecule has 3 heteroatoms. The van der Waals surface area contributed by atoms with Gasteiger partial charge in [-0.15, -0.1) is 0 Å². The van der Waals surface area contributed by atoms with Gasteiger partial charge in [-0.2, -0.15) is 0 Å². The van der Waals surface area contributed by atoms with Crippen molar-refractivity contribution < 1.29 is 9.59 Å². The molecule has 0 aliphatic rings. The number of nitrogens with two attached hydrogens (primary N) is 1. The van der Waals surface area contributed by atoms with Crippen molar-refractivity contribution >= 4 is 12.1 Å². The Morgan fingerprint density at radius 3 is 2.12 bits per heavy atom. The fourth-order valence-corrected chi connectivity index (χ4v) is 1.32. The Morgan fingerprint density at radius 2 is 1.71 bits per heavy atom. The summed E-state index contributed by atoms with van der Waals surface area (Å²) in [6, 6.07) is -0.204. The first-order valence-corrected chi connectivity index (χ1v) is 6.85. The van der Waals surface area contributed by atoms with E-state index in [-0.39, 0.29) is 11.8 Å². The van der Waals surface area contributed by atoms with E-state index < -0.39 is 0 Å². The Kier molecular flexibility index (Phi) is 16.8. The van der Waals surface area contributed by atoms with Gasteiger partial charge in [-0.25, -0.2) is 0 Å². The minimum absolute atomic E-state index is 0.188. The second-order valence-corrected chi connectivity index (χ2v) is 4.23. The number of Topliss-reactive ketones (excluding diaryl/α,β-unsaturated/α-hetero) is 1. The maximum atomic E-state index is 10.9. The highest BCUT2D eigenvalue weighted by molar-refractivity contribution is 5.83. The molecule has 0 aromatic rings. The highest BCUT2D eigenvalue weighted by Gasteiger charge is 2.08. The molecule has 0 fully saturated rings. The highest BCUT2D eigenvalue weighted by Crippen LogP contribution is 2.00. The van der Waals surface area contributed by atoms with Crippen LogP contribution in [0.5, 0.6) is 0 Å². The minimum atomic E-state index is -0.204. The highest BCUT2D eigenvalue weighted by atomic mass is 16.1. The van der Waals surface area contributed by atoms with Crippen LogP contribution in [0.3, 0.4) is 0 Å². The van der Waals surface area contributed by atoms with E-state index in [1.807, 2.05) is 6.92 Å². The van der Waals surface area contributed by atoms with E-state index in [9.17, 15) is 9.59 Å². The Hall–Kier alpha value is -0.700. The first-order valence-electron chi connectivity index (χ1n) is 6.85. The molecule has 0 saturated heterocycles. The minimum Gasteiger partial charge on any atom is -0.322 e. The zero-order chi connectivity index (χ0) is 13.5. The molecule has 1 unspecified atom stereocenters. The molecule has 0 bridgehead atoms. The molecule has 0 aromatic carbocycles. The summed E-state index contributed by atoms with van der Waals surface area (Å²) in [5.41, 5.74) is 5.56. The van der Waals surface area contributed by atoms with Crippen LogP contribution in [-0.2, 0) is 9.59 Å². The normalized spacial score (nSPS) is 11.3. The van der Waals surface area contributed by atoms with Crippen molar-refractivity contribution in [2.24, 2.45) is 5.73 Å². The molecule has 0 spiro atoms. The summed E-state index contributed by atoms with van der Waals surface area (Å²) in [5.74, 6) is 0.188. The van der Waals surface area contributed by atoms with Crippen LogP contribution in [0, 0.1) is 0 Å². The molecule has 0 radical (unpaired) electrons. The number of carbonyl (C=O) groups excluding carboxylic acids is 2. The molecule has 0 amide bonds. The van der Waals surface area contributed by atoms with Gasteiger partial charge < -0.3 is 10.5 Å². The number of ketones is 1. The van der Waals surface area contributed by atoms with Gasteiger partial charge in [0.05, 0.1) is 6.04 Å². The summed E-state index contributed by atoms with van der Waals surface area (Å²) in [5, 5.41) is 0. The first-order chi connectivity index (χ1) is 8.13. The third kappa shape index (κ3) is 15.3. The largest absolute Gasteiger partial charge is 0.322 e. The van der Waals surface area contributed by atoms with Crippen LogP contribution in [0.25, 0.3) is 0 Å². The summed E-state index contributed by atoms with van der Waals surface area (Å²) in [6.07, 6.45) is 8.79. The fourth-order valence-electron chi connectivity index (χ4n) is 1.32. The monoisotopic (exact) mass is 243 g/mol. The second kappa shape index (κ2) is 15.3. The van der Waals surface area contributed by atoms with Crippen LogP contribution < -0.4 is 5.73 Å². The van der Waals surface area contributed by atoms with Gasteiger partial charge in [-0.1, -0.05) is 46.5 Å². The van der Waals surface area contributed by atoms with Crippen molar-refractivity contribution in [3.8, 4) is 0 Å². The van der Waals surface area contributed by atoms with Crippen molar-refractivity contribution in [2.45, 2.75) is 78.2 Å². The lowest BCUT2D eigenvalue weighted by molar-refractivity contribution is -0.120. The predicted molar refractivity (Wildman–Crippen MR) is 73.0 cm³/mol. The first kappa shape index (κ1) is 18.7. The Morgan fingerprint density at radius 1 is 1.12 bits per heavy atom. The lowest BCUT2D eigenvalue weighted by Gasteiger charge is -2.06. The molecule has 2 N–H and O–H groups in total. The smallest absolute Gasteiger partial charge is 0.149 e. The molecule has 17 heavy (non-hydrogen) atoms. The number of hydrogen-bond donors (Lipinski definition) is 1. The van der Waals surface area contributed by atoms with Crippen molar-refractivity contribution in [1.82, 2.24) is 0 Å². The second-order valence-electron chi connectivity index (χ2n) is 4.23. The maximum absolute atomic E-state index is 10.9. The summed E-state index contributed by atoms with van der Waals surface area (Å²) in [6.45, 7) is 6.09. The molecule has 1 atom stereocenters. The third-order valence-corrected chi connectivity index (χ3v) is 2.56. The Labute approximate surface area is 106 Å². The molecule has 0 aromatic heterocycles. The fraction of sp³-hybridized carbons (Fsp3) is 0.857. The number of rotatable bonds is 9. The van der Waals surface area contributed by atoms with E-state index in [1.54, 1.807) is 0 Å². The van der Waals surface area contributed by atoms with E-state index in [0.29, 0.717) is 6.42 Å². The molecular weight excluding hydrogens is 214 g/mol. The van der Waals surface area contributed by atoms with Crippen LogP contribution in [0.15, 0.2) is 0 Å². The SMILES string of the molecule is CCCCC(N)C(=O)CC.CCCCCC=O. The lowest BCUT2D eigenvalue weighted by Crippen LogP contribution is -2.29. The van der Waals surface area contributed by atoms with Crippen LogP contribution in [-0.4, -0.2) is 18.1 Å². The Balaban J connectivity index is 0. The zero-order valence-corrected chi connectivity index (χ0v) is 11.7. The van der Waals surface area contributed by atoms with Crippen LogP contribution >= 0.6 is 0 Å². The van der Waals surface area contributed by atoms with Gasteiger partial charge in [0.1, 0.15) is 12.1 Å². The van der Waals surface area contributed by atoms with E-state index in [2.05, 4.69) is 13.8 Å². The van der Waals surface area contributed by atoms with Crippen LogP contribution in [0.1, 0.15) is 72.1 Å². The van der Waals surface area contributed by atoms with Crippen LogP contribution in [0.2, 0.25) is 0 Å². The van der Waals surface area contributed by atoms with E-state index >= 15 is 0 Å². The summed E-state index contributed by atoms with van der Waals surface area (Å²) < 4.78 is 0. The molecule has 102 valence electrons. The number of aldehydes is 1. The predicted octanol–water partition coefficient (Wildman–Crippen LogP) is 3.25. The molecule has 3 nitrogen and oxygen atoms in total. The number of hydrogen-bond acceptors (Lipinski definition) is 3. The number of unbranched alkanes of at least 4 members (excludes halogenated alkanes) is 4. The lowest BCUT2D eigenvalue weighted by atomic mass is 10.1.